The zero-order valence-electron chi connectivity index (χ0n) is 11.7. The molecular weight excluding hydrogens is 278 g/mol. The highest BCUT2D eigenvalue weighted by Crippen LogP contribution is 2.45. The van der Waals surface area contributed by atoms with E-state index in [0.717, 1.165) is 25.3 Å². The van der Waals surface area contributed by atoms with Crippen molar-refractivity contribution in [2.75, 3.05) is 0 Å². The molecule has 5 heteroatoms. The van der Waals surface area contributed by atoms with Gasteiger partial charge in [-0.25, -0.2) is 8.78 Å². The largest absolute Gasteiger partial charge is 0.330 e. The minimum atomic E-state index is -0.825. The number of H-pyrrole nitrogens is 1. The zero-order valence-corrected chi connectivity index (χ0v) is 12.5. The van der Waals surface area contributed by atoms with Crippen molar-refractivity contribution in [3.05, 3.63) is 28.5 Å². The number of aromatic amines is 1. The third-order valence-corrected chi connectivity index (χ3v) is 4.83. The monoisotopic (exact) mass is 296 g/mol. The molecule has 3 rings (SSSR count). The van der Waals surface area contributed by atoms with Gasteiger partial charge in [-0.3, -0.25) is 0 Å². The quantitative estimate of drug-likeness (QED) is 0.724. The predicted octanol–water partition coefficient (Wildman–Crippen LogP) is 5.12. The Morgan fingerprint density at radius 2 is 2.05 bits per heavy atom. The summed E-state index contributed by atoms with van der Waals surface area (Å²) in [5.74, 6) is -1.63. The summed E-state index contributed by atoms with van der Waals surface area (Å²) in [6.07, 6.45) is 4.29. The van der Waals surface area contributed by atoms with Gasteiger partial charge in [-0.15, -0.1) is 0 Å². The molecule has 1 unspecified atom stereocenters. The Labute approximate surface area is 121 Å². The van der Waals surface area contributed by atoms with Crippen molar-refractivity contribution in [1.29, 1.82) is 0 Å². The smallest absolute Gasteiger partial charge is 0.184 e. The van der Waals surface area contributed by atoms with Gasteiger partial charge in [0.25, 0.3) is 0 Å². The van der Waals surface area contributed by atoms with E-state index in [1.807, 2.05) is 0 Å². The van der Waals surface area contributed by atoms with Crippen LogP contribution in [0.2, 0.25) is 0 Å². The topological polar surface area (TPSA) is 20.7 Å². The number of nitrogens with one attached hydrogen (secondary N) is 1. The summed E-state index contributed by atoms with van der Waals surface area (Å²) in [6, 6.07) is 2.80. The zero-order chi connectivity index (χ0) is 14.5. The van der Waals surface area contributed by atoms with E-state index in [2.05, 4.69) is 18.8 Å². The van der Waals surface area contributed by atoms with Crippen molar-refractivity contribution in [3.63, 3.8) is 0 Å². The number of nitrogens with zero attached hydrogens (tertiary/aromatic N) is 1. The van der Waals surface area contributed by atoms with Gasteiger partial charge in [0, 0.05) is 6.04 Å². The second-order valence-corrected chi connectivity index (χ2v) is 6.69. The molecule has 1 aromatic carbocycles. The highest BCUT2D eigenvalue weighted by atomic mass is 32.1. The SMILES string of the molecule is CC1(C)CCCCC1n1c(=S)[nH]c2ccc(F)c(F)c21. The van der Waals surface area contributed by atoms with E-state index in [9.17, 15) is 8.78 Å². The molecule has 0 spiro atoms. The molecule has 2 aromatic rings. The van der Waals surface area contributed by atoms with Crippen LogP contribution < -0.4 is 0 Å². The highest BCUT2D eigenvalue weighted by molar-refractivity contribution is 7.71. The molecule has 1 N–H and O–H groups in total. The van der Waals surface area contributed by atoms with Crippen molar-refractivity contribution in [3.8, 4) is 0 Å². The number of benzene rings is 1. The molecule has 108 valence electrons. The van der Waals surface area contributed by atoms with Crippen LogP contribution in [0.5, 0.6) is 0 Å². The summed E-state index contributed by atoms with van der Waals surface area (Å²) >= 11 is 5.36. The van der Waals surface area contributed by atoms with Crippen LogP contribution >= 0.6 is 12.2 Å². The van der Waals surface area contributed by atoms with Crippen molar-refractivity contribution in [2.24, 2.45) is 5.41 Å². The fraction of sp³-hybridized carbons (Fsp3) is 0.533. The second kappa shape index (κ2) is 4.65. The highest BCUT2D eigenvalue weighted by Gasteiger charge is 2.35. The first-order chi connectivity index (χ1) is 9.42. The van der Waals surface area contributed by atoms with E-state index in [1.54, 1.807) is 10.6 Å². The third kappa shape index (κ3) is 1.99. The Kier molecular flexibility index (Phi) is 3.20. The predicted molar refractivity (Wildman–Crippen MR) is 78.3 cm³/mol. The number of hydrogen-bond acceptors (Lipinski definition) is 1. The van der Waals surface area contributed by atoms with E-state index >= 15 is 0 Å². The summed E-state index contributed by atoms with van der Waals surface area (Å²) < 4.78 is 30.0. The first-order valence-corrected chi connectivity index (χ1v) is 7.41. The van der Waals surface area contributed by atoms with Crippen molar-refractivity contribution in [2.45, 2.75) is 45.6 Å². The second-order valence-electron chi connectivity index (χ2n) is 6.31. The first-order valence-electron chi connectivity index (χ1n) is 7.00. The minimum Gasteiger partial charge on any atom is -0.330 e. The molecule has 0 amide bonds. The fourth-order valence-corrected chi connectivity index (χ4v) is 3.73. The normalized spacial score (nSPS) is 22.3. The molecule has 2 nitrogen and oxygen atoms in total. The van der Waals surface area contributed by atoms with Crippen molar-refractivity contribution >= 4 is 23.3 Å². The standard InChI is InChI=1S/C15H18F2N2S/c1-15(2)8-4-3-5-11(15)19-13-10(18-14(19)20)7-6-9(16)12(13)17/h6-7,11H,3-5,8H2,1-2H3,(H,18,20). The molecule has 1 fully saturated rings. The lowest BCUT2D eigenvalue weighted by atomic mass is 9.73. The molecule has 1 heterocycles. The Bertz CT molecular complexity index is 714. The molecule has 0 saturated heterocycles. The minimum absolute atomic E-state index is 0.0321. The summed E-state index contributed by atoms with van der Waals surface area (Å²) in [5, 5.41) is 0. The van der Waals surface area contributed by atoms with E-state index < -0.39 is 11.6 Å². The number of fused-ring (bicyclic) bond motifs is 1. The van der Waals surface area contributed by atoms with Gasteiger partial charge < -0.3 is 9.55 Å². The Morgan fingerprint density at radius 3 is 2.75 bits per heavy atom. The number of hydrogen-bond donors (Lipinski definition) is 1. The first kappa shape index (κ1) is 13.7. The Balaban J connectivity index is 2.28. The van der Waals surface area contributed by atoms with E-state index in [1.165, 1.54) is 6.42 Å². The van der Waals surface area contributed by atoms with Crippen LogP contribution in [0, 0.1) is 21.8 Å². The van der Waals surface area contributed by atoms with Gasteiger partial charge in [0.05, 0.1) is 5.52 Å². The Morgan fingerprint density at radius 1 is 1.30 bits per heavy atom. The molecule has 0 aliphatic heterocycles. The van der Waals surface area contributed by atoms with Crippen molar-refractivity contribution in [1.82, 2.24) is 9.55 Å². The van der Waals surface area contributed by atoms with Crippen LogP contribution in [0.25, 0.3) is 11.0 Å². The van der Waals surface area contributed by atoms with Crippen LogP contribution in [-0.2, 0) is 0 Å². The van der Waals surface area contributed by atoms with Gasteiger partial charge in [-0.2, -0.15) is 0 Å². The van der Waals surface area contributed by atoms with Gasteiger partial charge in [0.15, 0.2) is 16.4 Å². The van der Waals surface area contributed by atoms with Gasteiger partial charge in [0.2, 0.25) is 0 Å². The number of rotatable bonds is 1. The van der Waals surface area contributed by atoms with Gasteiger partial charge >= 0.3 is 0 Å². The van der Waals surface area contributed by atoms with Crippen LogP contribution in [0.1, 0.15) is 45.6 Å². The maximum absolute atomic E-state index is 14.2. The van der Waals surface area contributed by atoms with E-state index in [0.29, 0.717) is 10.3 Å². The van der Waals surface area contributed by atoms with Gasteiger partial charge in [0.1, 0.15) is 5.52 Å². The molecular formula is C15H18F2N2S. The molecule has 0 radical (unpaired) electrons. The molecule has 1 atom stereocenters. The fourth-order valence-electron chi connectivity index (χ4n) is 3.40. The number of aromatic nitrogens is 2. The molecule has 1 aliphatic rings. The molecule has 1 aromatic heterocycles. The van der Waals surface area contributed by atoms with Crippen LogP contribution in [0.4, 0.5) is 8.78 Å². The van der Waals surface area contributed by atoms with E-state index in [-0.39, 0.29) is 17.0 Å². The molecule has 1 saturated carbocycles. The third-order valence-electron chi connectivity index (χ3n) is 4.53. The molecule has 20 heavy (non-hydrogen) atoms. The average Bonchev–Trinajstić information content (AvgIpc) is 2.71. The lowest BCUT2D eigenvalue weighted by Gasteiger charge is -2.39. The van der Waals surface area contributed by atoms with Crippen LogP contribution in [0.15, 0.2) is 12.1 Å². The average molecular weight is 296 g/mol. The molecule has 1 aliphatic carbocycles. The number of imidazole rings is 1. The van der Waals surface area contributed by atoms with E-state index in [4.69, 9.17) is 12.2 Å². The van der Waals surface area contributed by atoms with Crippen LogP contribution in [0.3, 0.4) is 0 Å². The summed E-state index contributed by atoms with van der Waals surface area (Å²) in [6.45, 7) is 4.35. The van der Waals surface area contributed by atoms with Crippen molar-refractivity contribution < 1.29 is 8.78 Å². The number of halogens is 2. The maximum Gasteiger partial charge on any atom is 0.184 e. The van der Waals surface area contributed by atoms with Gasteiger partial charge in [-0.05, 0) is 42.6 Å². The molecule has 0 bridgehead atoms. The summed E-state index contributed by atoms with van der Waals surface area (Å²) in [4.78, 5) is 3.00. The lowest BCUT2D eigenvalue weighted by Crippen LogP contribution is -2.30. The lowest BCUT2D eigenvalue weighted by molar-refractivity contribution is 0.146. The summed E-state index contributed by atoms with van der Waals surface area (Å²) in [7, 11) is 0. The maximum atomic E-state index is 14.2. The van der Waals surface area contributed by atoms with Gasteiger partial charge in [-0.1, -0.05) is 26.7 Å². The van der Waals surface area contributed by atoms with Crippen LogP contribution in [-0.4, -0.2) is 9.55 Å². The Hall–Kier alpha value is -1.23. The summed E-state index contributed by atoms with van der Waals surface area (Å²) in [5.41, 5.74) is 0.870.